The lowest BCUT2D eigenvalue weighted by molar-refractivity contribution is 0.0991. The molecule has 0 amide bonds. The molecule has 0 aliphatic carbocycles. The predicted molar refractivity (Wildman–Crippen MR) is 81.7 cm³/mol. The molecule has 5 heteroatoms. The molecule has 21 heavy (non-hydrogen) atoms. The molecule has 0 spiro atoms. The van der Waals surface area contributed by atoms with Crippen molar-refractivity contribution in [1.82, 2.24) is 0 Å². The molecule has 0 saturated carbocycles. The van der Waals surface area contributed by atoms with Crippen LogP contribution in [0.3, 0.4) is 0 Å². The van der Waals surface area contributed by atoms with Gasteiger partial charge in [-0.1, -0.05) is 15.9 Å². The Balaban J connectivity index is 2.26. The van der Waals surface area contributed by atoms with E-state index in [0.717, 1.165) is 4.47 Å². The summed E-state index contributed by atoms with van der Waals surface area (Å²) in [5.74, 6) is 0.431. The summed E-state index contributed by atoms with van der Waals surface area (Å²) in [6.07, 6.45) is -0.0131. The van der Waals surface area contributed by atoms with Crippen LogP contribution >= 0.6 is 15.9 Å². The van der Waals surface area contributed by atoms with Crippen LogP contribution < -0.4 is 9.47 Å². The van der Waals surface area contributed by atoms with Crippen LogP contribution in [-0.4, -0.2) is 20.0 Å². The van der Waals surface area contributed by atoms with Crippen molar-refractivity contribution >= 4 is 21.7 Å². The molecule has 0 radical (unpaired) electrons. The minimum absolute atomic E-state index is 0.0131. The standard InChI is InChI=1S/C16H14BrFO3/c1-20-15-6-3-10(9-16(15)21-2)14(19)8-11-7-12(17)4-5-13(11)18/h3-7,9H,8H2,1-2H3. The van der Waals surface area contributed by atoms with Crippen LogP contribution in [0.15, 0.2) is 40.9 Å². The molecular weight excluding hydrogens is 339 g/mol. The van der Waals surface area contributed by atoms with Crippen LogP contribution in [0.1, 0.15) is 15.9 Å². The number of ketones is 1. The molecule has 0 N–H and O–H groups in total. The van der Waals surface area contributed by atoms with E-state index in [9.17, 15) is 9.18 Å². The molecule has 0 aliphatic rings. The molecule has 0 unspecified atom stereocenters. The maximum absolute atomic E-state index is 13.7. The number of Topliss-reactive ketones (excluding diaryl/α,β-unsaturated/α-hetero) is 1. The second-order valence-corrected chi connectivity index (χ2v) is 5.32. The molecule has 2 rings (SSSR count). The van der Waals surface area contributed by atoms with Crippen molar-refractivity contribution in [2.75, 3.05) is 14.2 Å². The van der Waals surface area contributed by atoms with Crippen molar-refractivity contribution in [3.05, 3.63) is 57.8 Å². The van der Waals surface area contributed by atoms with Gasteiger partial charge in [0, 0.05) is 16.5 Å². The first-order valence-corrected chi connectivity index (χ1v) is 7.03. The van der Waals surface area contributed by atoms with Gasteiger partial charge in [0.25, 0.3) is 0 Å². The van der Waals surface area contributed by atoms with E-state index in [-0.39, 0.29) is 12.2 Å². The summed E-state index contributed by atoms with van der Waals surface area (Å²) in [5, 5.41) is 0. The van der Waals surface area contributed by atoms with Crippen molar-refractivity contribution in [2.24, 2.45) is 0 Å². The molecule has 0 bridgehead atoms. The highest BCUT2D eigenvalue weighted by molar-refractivity contribution is 9.10. The van der Waals surface area contributed by atoms with Gasteiger partial charge in [-0.15, -0.1) is 0 Å². The number of ether oxygens (including phenoxy) is 2. The Kier molecular flexibility index (Phi) is 4.96. The van der Waals surface area contributed by atoms with Gasteiger partial charge in [-0.05, 0) is 42.0 Å². The zero-order chi connectivity index (χ0) is 15.4. The number of hydrogen-bond donors (Lipinski definition) is 0. The fourth-order valence-electron chi connectivity index (χ4n) is 1.96. The Hall–Kier alpha value is -1.88. The number of rotatable bonds is 5. The third kappa shape index (κ3) is 3.61. The maximum atomic E-state index is 13.7. The third-order valence-corrected chi connectivity index (χ3v) is 3.56. The van der Waals surface area contributed by atoms with Crippen LogP contribution in [0, 0.1) is 5.82 Å². The molecule has 2 aromatic carbocycles. The number of halogens is 2. The second kappa shape index (κ2) is 6.72. The summed E-state index contributed by atoms with van der Waals surface area (Å²) in [6, 6.07) is 9.43. The van der Waals surface area contributed by atoms with E-state index in [2.05, 4.69) is 15.9 Å². The van der Waals surface area contributed by atoms with Gasteiger partial charge in [0.15, 0.2) is 17.3 Å². The average molecular weight is 353 g/mol. The number of carbonyl (C=O) groups is 1. The highest BCUT2D eigenvalue weighted by Gasteiger charge is 2.13. The predicted octanol–water partition coefficient (Wildman–Crippen LogP) is 4.03. The third-order valence-electron chi connectivity index (χ3n) is 3.06. The lowest BCUT2D eigenvalue weighted by Crippen LogP contribution is -2.06. The van der Waals surface area contributed by atoms with Crippen molar-refractivity contribution in [1.29, 1.82) is 0 Å². The molecule has 0 fully saturated rings. The van der Waals surface area contributed by atoms with Gasteiger partial charge in [0.1, 0.15) is 5.82 Å². The van der Waals surface area contributed by atoms with E-state index in [1.54, 1.807) is 30.3 Å². The zero-order valence-electron chi connectivity index (χ0n) is 11.7. The summed E-state index contributed by atoms with van der Waals surface area (Å²) in [7, 11) is 3.02. The SMILES string of the molecule is COc1ccc(C(=O)Cc2cc(Br)ccc2F)cc1OC. The van der Waals surface area contributed by atoms with Gasteiger partial charge >= 0.3 is 0 Å². The van der Waals surface area contributed by atoms with Crippen LogP contribution in [0.25, 0.3) is 0 Å². The van der Waals surface area contributed by atoms with E-state index in [0.29, 0.717) is 22.6 Å². The topological polar surface area (TPSA) is 35.5 Å². The first-order valence-electron chi connectivity index (χ1n) is 6.24. The van der Waals surface area contributed by atoms with Gasteiger partial charge in [-0.25, -0.2) is 4.39 Å². The van der Waals surface area contributed by atoms with Crippen molar-refractivity contribution in [3.8, 4) is 11.5 Å². The maximum Gasteiger partial charge on any atom is 0.167 e. The molecule has 0 heterocycles. The van der Waals surface area contributed by atoms with Gasteiger partial charge in [-0.2, -0.15) is 0 Å². The Morgan fingerprint density at radius 2 is 1.81 bits per heavy atom. The number of methoxy groups -OCH3 is 2. The lowest BCUT2D eigenvalue weighted by Gasteiger charge is -2.09. The van der Waals surface area contributed by atoms with E-state index in [1.165, 1.54) is 20.3 Å². The molecule has 0 saturated heterocycles. The van der Waals surface area contributed by atoms with Gasteiger partial charge in [0.2, 0.25) is 0 Å². The second-order valence-electron chi connectivity index (χ2n) is 4.41. The van der Waals surface area contributed by atoms with E-state index in [4.69, 9.17) is 9.47 Å². The number of benzene rings is 2. The summed E-state index contributed by atoms with van der Waals surface area (Å²) in [5.41, 5.74) is 0.802. The monoisotopic (exact) mass is 352 g/mol. The Morgan fingerprint density at radius 1 is 1.10 bits per heavy atom. The molecule has 2 aromatic rings. The van der Waals surface area contributed by atoms with Crippen LogP contribution in [0.5, 0.6) is 11.5 Å². The molecule has 0 aromatic heterocycles. The molecule has 3 nitrogen and oxygen atoms in total. The van der Waals surface area contributed by atoms with Crippen LogP contribution in [-0.2, 0) is 6.42 Å². The summed E-state index contributed by atoms with van der Waals surface area (Å²) in [4.78, 5) is 12.3. The first-order chi connectivity index (χ1) is 10.0. The average Bonchev–Trinajstić information content (AvgIpc) is 2.50. The number of hydrogen-bond acceptors (Lipinski definition) is 3. The van der Waals surface area contributed by atoms with E-state index >= 15 is 0 Å². The van der Waals surface area contributed by atoms with Crippen LogP contribution in [0.4, 0.5) is 4.39 Å². The van der Waals surface area contributed by atoms with Crippen molar-refractivity contribution in [3.63, 3.8) is 0 Å². The highest BCUT2D eigenvalue weighted by Crippen LogP contribution is 2.28. The van der Waals surface area contributed by atoms with E-state index in [1.807, 2.05) is 0 Å². The number of carbonyl (C=O) groups excluding carboxylic acids is 1. The lowest BCUT2D eigenvalue weighted by atomic mass is 10.0. The Bertz CT molecular complexity index is 671. The Morgan fingerprint density at radius 3 is 2.48 bits per heavy atom. The zero-order valence-corrected chi connectivity index (χ0v) is 13.2. The summed E-state index contributed by atoms with van der Waals surface area (Å²) in [6.45, 7) is 0. The van der Waals surface area contributed by atoms with Crippen LogP contribution in [0.2, 0.25) is 0 Å². The summed E-state index contributed by atoms with van der Waals surface area (Å²) < 4.78 is 24.7. The minimum Gasteiger partial charge on any atom is -0.493 e. The van der Waals surface area contributed by atoms with E-state index < -0.39 is 5.82 Å². The quantitative estimate of drug-likeness (QED) is 0.762. The first kappa shape index (κ1) is 15.5. The summed E-state index contributed by atoms with van der Waals surface area (Å²) >= 11 is 3.27. The molecule has 0 atom stereocenters. The fraction of sp³-hybridized carbons (Fsp3) is 0.188. The molecule has 110 valence electrons. The minimum atomic E-state index is -0.396. The van der Waals surface area contributed by atoms with Crippen molar-refractivity contribution < 1.29 is 18.7 Å². The normalized spacial score (nSPS) is 10.3. The highest BCUT2D eigenvalue weighted by atomic mass is 79.9. The molecule has 0 aliphatic heterocycles. The van der Waals surface area contributed by atoms with Crippen molar-refractivity contribution in [2.45, 2.75) is 6.42 Å². The largest absolute Gasteiger partial charge is 0.493 e. The van der Waals surface area contributed by atoms with Gasteiger partial charge in [0.05, 0.1) is 14.2 Å². The molecular formula is C16H14BrFO3. The smallest absolute Gasteiger partial charge is 0.167 e. The Labute approximate surface area is 130 Å². The van der Waals surface area contributed by atoms with Gasteiger partial charge < -0.3 is 9.47 Å². The fourth-order valence-corrected chi connectivity index (χ4v) is 2.37. The van der Waals surface area contributed by atoms with Gasteiger partial charge in [-0.3, -0.25) is 4.79 Å².